The lowest BCUT2D eigenvalue weighted by Crippen LogP contribution is -2.55. The van der Waals surface area contributed by atoms with E-state index in [-0.39, 0.29) is 11.8 Å². The molecular weight excluding hydrogens is 502 g/mol. The highest BCUT2D eigenvalue weighted by Crippen LogP contribution is 2.41. The highest BCUT2D eigenvalue weighted by Gasteiger charge is 2.40. The molecule has 0 unspecified atom stereocenters. The molecule has 2 heterocycles. The smallest absolute Gasteiger partial charge is 0.410 e. The van der Waals surface area contributed by atoms with Gasteiger partial charge in [-0.3, -0.25) is 9.48 Å². The van der Waals surface area contributed by atoms with Gasteiger partial charge in [0.2, 0.25) is 5.91 Å². The number of hydrogen-bond donors (Lipinski definition) is 2. The van der Waals surface area contributed by atoms with E-state index in [0.29, 0.717) is 24.6 Å². The molecule has 40 heavy (non-hydrogen) atoms. The monoisotopic (exact) mass is 537 g/mol. The molecule has 3 aromatic carbocycles. The second kappa shape index (κ2) is 10.9. The van der Waals surface area contributed by atoms with Crippen LogP contribution < -0.4 is 10.6 Å². The highest BCUT2D eigenvalue weighted by atomic mass is 16.6. The van der Waals surface area contributed by atoms with Crippen LogP contribution in [0.2, 0.25) is 0 Å². The number of rotatable bonds is 7. The van der Waals surface area contributed by atoms with Gasteiger partial charge in [-0.25, -0.2) is 4.79 Å². The molecule has 1 aliphatic rings. The van der Waals surface area contributed by atoms with Gasteiger partial charge < -0.3 is 20.3 Å². The highest BCUT2D eigenvalue weighted by molar-refractivity contribution is 5.96. The zero-order valence-electron chi connectivity index (χ0n) is 23.3. The summed E-state index contributed by atoms with van der Waals surface area (Å²) in [7, 11) is 1.84. The molecule has 8 heteroatoms. The minimum absolute atomic E-state index is 0.166. The number of ether oxygens (including phenoxy) is 1. The Kier molecular flexibility index (Phi) is 7.34. The molecular formula is C32H35N5O3. The van der Waals surface area contributed by atoms with E-state index >= 15 is 0 Å². The van der Waals surface area contributed by atoms with Crippen LogP contribution >= 0.6 is 0 Å². The first-order chi connectivity index (χ1) is 19.2. The zero-order valence-corrected chi connectivity index (χ0v) is 23.3. The fourth-order valence-electron chi connectivity index (χ4n) is 4.99. The molecule has 0 bridgehead atoms. The van der Waals surface area contributed by atoms with Crippen LogP contribution in [0, 0.1) is 5.92 Å². The van der Waals surface area contributed by atoms with Crippen LogP contribution in [0.1, 0.15) is 37.5 Å². The maximum atomic E-state index is 13.2. The SMILES string of the molecule is Cn1ncc(NC(=O)C2CN(C(=O)OC(C)(C)C)C2)c1NC(c1ccccc1)(c1ccccc1)c1ccccc1. The van der Waals surface area contributed by atoms with Gasteiger partial charge in [0.15, 0.2) is 0 Å². The van der Waals surface area contributed by atoms with Crippen LogP contribution in [0.5, 0.6) is 0 Å². The summed E-state index contributed by atoms with van der Waals surface area (Å²) >= 11 is 0. The summed E-state index contributed by atoms with van der Waals surface area (Å²) in [5.74, 6) is 0.163. The minimum atomic E-state index is -0.777. The van der Waals surface area contributed by atoms with E-state index in [9.17, 15) is 9.59 Å². The second-order valence-corrected chi connectivity index (χ2v) is 11.1. The Balaban J connectivity index is 1.46. The third-order valence-corrected chi connectivity index (χ3v) is 7.03. The summed E-state index contributed by atoms with van der Waals surface area (Å²) in [5, 5.41) is 11.3. The van der Waals surface area contributed by atoms with E-state index in [4.69, 9.17) is 4.74 Å². The maximum Gasteiger partial charge on any atom is 0.410 e. The number of hydrogen-bond acceptors (Lipinski definition) is 5. The molecule has 0 saturated carbocycles. The van der Waals surface area contributed by atoms with Crippen molar-refractivity contribution in [2.24, 2.45) is 13.0 Å². The van der Waals surface area contributed by atoms with Crippen molar-refractivity contribution < 1.29 is 14.3 Å². The van der Waals surface area contributed by atoms with Crippen molar-refractivity contribution >= 4 is 23.5 Å². The third-order valence-electron chi connectivity index (χ3n) is 7.03. The van der Waals surface area contributed by atoms with E-state index in [2.05, 4.69) is 52.1 Å². The van der Waals surface area contributed by atoms with Gasteiger partial charge in [-0.05, 0) is 37.5 Å². The fraction of sp³-hybridized carbons (Fsp3) is 0.281. The minimum Gasteiger partial charge on any atom is -0.444 e. The molecule has 1 saturated heterocycles. The van der Waals surface area contributed by atoms with Crippen molar-refractivity contribution in [2.45, 2.75) is 31.9 Å². The summed E-state index contributed by atoms with van der Waals surface area (Å²) in [6.07, 6.45) is 1.25. The number of nitrogens with one attached hydrogen (secondary N) is 2. The molecule has 0 atom stereocenters. The average Bonchev–Trinajstić information content (AvgIpc) is 3.25. The number of nitrogens with zero attached hydrogens (tertiary/aromatic N) is 3. The molecule has 0 radical (unpaired) electrons. The summed E-state index contributed by atoms with van der Waals surface area (Å²) in [5.41, 5.74) is 2.33. The first-order valence-electron chi connectivity index (χ1n) is 13.4. The number of amides is 2. The lowest BCUT2D eigenvalue weighted by atomic mass is 9.77. The number of anilines is 2. The first-order valence-corrected chi connectivity index (χ1v) is 13.4. The van der Waals surface area contributed by atoms with Crippen molar-refractivity contribution in [1.29, 1.82) is 0 Å². The summed E-state index contributed by atoms with van der Waals surface area (Å²) in [4.78, 5) is 27.1. The van der Waals surface area contributed by atoms with Crippen molar-refractivity contribution in [3.05, 3.63) is 114 Å². The molecule has 2 N–H and O–H groups in total. The first kappa shape index (κ1) is 27.0. The Morgan fingerprint density at radius 1 is 0.825 bits per heavy atom. The lowest BCUT2D eigenvalue weighted by molar-refractivity contribution is -0.124. The van der Waals surface area contributed by atoms with Crippen molar-refractivity contribution in [2.75, 3.05) is 23.7 Å². The van der Waals surface area contributed by atoms with Crippen LogP contribution in [-0.4, -0.2) is 45.4 Å². The van der Waals surface area contributed by atoms with E-state index in [1.165, 1.54) is 0 Å². The normalized spacial score (nSPS) is 13.8. The zero-order chi connectivity index (χ0) is 28.3. The molecule has 0 aliphatic carbocycles. The Labute approximate surface area is 235 Å². The van der Waals surface area contributed by atoms with Gasteiger partial charge in [0.05, 0.1) is 12.1 Å². The summed E-state index contributed by atoms with van der Waals surface area (Å²) in [6.45, 7) is 6.10. The van der Waals surface area contributed by atoms with Crippen LogP contribution in [-0.2, 0) is 22.1 Å². The fourth-order valence-corrected chi connectivity index (χ4v) is 4.99. The number of carbonyl (C=O) groups is 2. The number of likely N-dealkylation sites (tertiary alicyclic amines) is 1. The molecule has 1 fully saturated rings. The number of aryl methyl sites for hydroxylation is 1. The molecule has 8 nitrogen and oxygen atoms in total. The Hall–Kier alpha value is -4.59. The van der Waals surface area contributed by atoms with Crippen LogP contribution in [0.4, 0.5) is 16.3 Å². The summed E-state index contributed by atoms with van der Waals surface area (Å²) < 4.78 is 7.15. The van der Waals surface area contributed by atoms with Crippen LogP contribution in [0.25, 0.3) is 0 Å². The van der Waals surface area contributed by atoms with Gasteiger partial charge in [0, 0.05) is 20.1 Å². The predicted octanol–water partition coefficient (Wildman–Crippen LogP) is 5.63. The predicted molar refractivity (Wildman–Crippen MR) is 156 cm³/mol. The van der Waals surface area contributed by atoms with Crippen LogP contribution in [0.15, 0.2) is 97.2 Å². The standard InChI is InChI=1S/C32H35N5O3/c1-31(2,3)40-30(39)37-21-23(22-37)29(38)34-27-20-33-36(4)28(27)35-32(24-14-8-5-9-15-24,25-16-10-6-11-17-25)26-18-12-7-13-19-26/h5-20,23,35H,21-22H2,1-4H3,(H,34,38). The molecule has 1 aliphatic heterocycles. The lowest BCUT2D eigenvalue weighted by Gasteiger charge is -2.39. The second-order valence-electron chi connectivity index (χ2n) is 11.1. The van der Waals surface area contributed by atoms with E-state index in [1.807, 2.05) is 82.4 Å². The average molecular weight is 538 g/mol. The molecule has 2 amide bonds. The quantitative estimate of drug-likeness (QED) is 0.298. The Morgan fingerprint density at radius 3 is 1.75 bits per heavy atom. The Bertz CT molecular complexity index is 1360. The van der Waals surface area contributed by atoms with Crippen LogP contribution in [0.3, 0.4) is 0 Å². The van der Waals surface area contributed by atoms with Gasteiger partial charge in [0.25, 0.3) is 0 Å². The molecule has 0 spiro atoms. The van der Waals surface area contributed by atoms with Gasteiger partial charge >= 0.3 is 6.09 Å². The van der Waals surface area contributed by atoms with Gasteiger partial charge in [-0.1, -0.05) is 91.0 Å². The van der Waals surface area contributed by atoms with Crippen molar-refractivity contribution in [1.82, 2.24) is 14.7 Å². The number of aromatic nitrogens is 2. The third kappa shape index (κ3) is 5.43. The summed E-state index contributed by atoms with van der Waals surface area (Å²) in [6, 6.07) is 30.7. The molecule has 4 aromatic rings. The molecule has 206 valence electrons. The topological polar surface area (TPSA) is 88.5 Å². The van der Waals surface area contributed by atoms with Gasteiger partial charge in [-0.15, -0.1) is 0 Å². The van der Waals surface area contributed by atoms with Gasteiger partial charge in [-0.2, -0.15) is 5.10 Å². The van der Waals surface area contributed by atoms with Crippen molar-refractivity contribution in [3.8, 4) is 0 Å². The maximum absolute atomic E-state index is 13.2. The van der Waals surface area contributed by atoms with Gasteiger partial charge in [0.1, 0.15) is 22.6 Å². The number of benzene rings is 3. The van der Waals surface area contributed by atoms with E-state index in [1.54, 1.807) is 15.8 Å². The molecule has 5 rings (SSSR count). The largest absolute Gasteiger partial charge is 0.444 e. The number of carbonyl (C=O) groups excluding carboxylic acids is 2. The van der Waals surface area contributed by atoms with E-state index in [0.717, 1.165) is 16.7 Å². The molecule has 1 aromatic heterocycles. The van der Waals surface area contributed by atoms with E-state index < -0.39 is 17.2 Å². The van der Waals surface area contributed by atoms with Crippen molar-refractivity contribution in [3.63, 3.8) is 0 Å². The Morgan fingerprint density at radius 2 is 1.30 bits per heavy atom.